The van der Waals surface area contributed by atoms with Crippen LogP contribution in [0.3, 0.4) is 0 Å². The summed E-state index contributed by atoms with van der Waals surface area (Å²) in [6.45, 7) is 10.8. The van der Waals surface area contributed by atoms with E-state index in [9.17, 15) is 0 Å². The zero-order valence-electron chi connectivity index (χ0n) is 8.41. The topological polar surface area (TPSA) is 0 Å². The molecule has 0 aromatic carbocycles. The fraction of sp³-hybridized carbons (Fsp3) is 1.00. The molecule has 0 radical (unpaired) electrons. The van der Waals surface area contributed by atoms with Crippen molar-refractivity contribution in [2.24, 2.45) is 5.92 Å². The van der Waals surface area contributed by atoms with Gasteiger partial charge in [-0.15, -0.1) is 0 Å². The molecule has 0 aromatic rings. The fourth-order valence-electron chi connectivity index (χ4n) is 1.11. The molecule has 0 saturated heterocycles. The Hall–Kier alpha value is 0. The summed E-state index contributed by atoms with van der Waals surface area (Å²) >= 11 is 0. The summed E-state index contributed by atoms with van der Waals surface area (Å²) in [5.41, 5.74) is 0. The van der Waals surface area contributed by atoms with Crippen molar-refractivity contribution in [1.82, 2.24) is 0 Å². The summed E-state index contributed by atoms with van der Waals surface area (Å²) in [5, 5.41) is 0. The van der Waals surface area contributed by atoms with Crippen LogP contribution in [0.5, 0.6) is 0 Å². The molecule has 0 N–H and O–H groups in total. The highest BCUT2D eigenvalue weighted by Crippen LogP contribution is 2.13. The second kappa shape index (κ2) is 11.8. The second-order valence-electron chi connectivity index (χ2n) is 2.47. The average Bonchev–Trinajstić information content (AvgIpc) is 2.04. The van der Waals surface area contributed by atoms with Crippen molar-refractivity contribution in [2.45, 2.75) is 60.3 Å². The Morgan fingerprint density at radius 2 is 1.30 bits per heavy atom. The Morgan fingerprint density at radius 3 is 1.40 bits per heavy atom. The normalized spacial score (nSPS) is 9.00. The van der Waals surface area contributed by atoms with Gasteiger partial charge in [-0.3, -0.25) is 0 Å². The van der Waals surface area contributed by atoms with Crippen LogP contribution >= 0.6 is 0 Å². The minimum absolute atomic E-state index is 1.000. The van der Waals surface area contributed by atoms with Crippen molar-refractivity contribution in [3.8, 4) is 0 Å². The van der Waals surface area contributed by atoms with Crippen molar-refractivity contribution in [2.75, 3.05) is 0 Å². The first-order chi connectivity index (χ1) is 4.85. The maximum absolute atomic E-state index is 2.28. The molecule has 64 valence electrons. The summed E-state index contributed by atoms with van der Waals surface area (Å²) < 4.78 is 0. The average molecular weight is 144 g/mol. The molecule has 0 aliphatic rings. The molecule has 0 atom stereocenters. The molecular weight excluding hydrogens is 120 g/mol. The van der Waals surface area contributed by atoms with Crippen molar-refractivity contribution in [3.05, 3.63) is 0 Å². The van der Waals surface area contributed by atoms with Gasteiger partial charge in [-0.05, 0) is 5.92 Å². The summed E-state index contributed by atoms with van der Waals surface area (Å²) in [6.07, 6.45) is 5.51. The maximum Gasteiger partial charge on any atom is -0.0420 e. The van der Waals surface area contributed by atoms with Gasteiger partial charge in [0.1, 0.15) is 0 Å². The van der Waals surface area contributed by atoms with Gasteiger partial charge in [-0.2, -0.15) is 0 Å². The zero-order valence-corrected chi connectivity index (χ0v) is 8.41. The molecule has 0 heteroatoms. The van der Waals surface area contributed by atoms with E-state index in [-0.39, 0.29) is 0 Å². The molecule has 0 nitrogen and oxygen atoms in total. The molecule has 0 fully saturated rings. The van der Waals surface area contributed by atoms with Crippen LogP contribution in [0.4, 0.5) is 0 Å². The Balaban J connectivity index is 0. The van der Waals surface area contributed by atoms with Crippen LogP contribution < -0.4 is 0 Å². The molecule has 0 rings (SSSR count). The molecule has 0 unspecified atom stereocenters. The third kappa shape index (κ3) is 8.00. The van der Waals surface area contributed by atoms with Crippen molar-refractivity contribution < 1.29 is 0 Å². The zero-order chi connectivity index (χ0) is 8.41. The van der Waals surface area contributed by atoms with Crippen LogP contribution in [0, 0.1) is 5.92 Å². The van der Waals surface area contributed by atoms with Gasteiger partial charge in [-0.1, -0.05) is 60.3 Å². The van der Waals surface area contributed by atoms with Gasteiger partial charge in [0, 0.05) is 0 Å². The van der Waals surface area contributed by atoms with Gasteiger partial charge >= 0.3 is 0 Å². The van der Waals surface area contributed by atoms with E-state index in [0.29, 0.717) is 0 Å². The Morgan fingerprint density at radius 1 is 0.900 bits per heavy atom. The van der Waals surface area contributed by atoms with Crippen molar-refractivity contribution >= 4 is 0 Å². The molecule has 0 bridgehead atoms. The van der Waals surface area contributed by atoms with E-state index < -0.39 is 0 Å². The lowest BCUT2D eigenvalue weighted by molar-refractivity contribution is 0.451. The molecule has 0 heterocycles. The maximum atomic E-state index is 2.28. The fourth-order valence-corrected chi connectivity index (χ4v) is 1.11. The Labute approximate surface area is 67.0 Å². The summed E-state index contributed by atoms with van der Waals surface area (Å²) in [4.78, 5) is 0. The Kier molecular flexibility index (Phi) is 14.9. The SMILES string of the molecule is CC.CCCC(CC)CC. The summed E-state index contributed by atoms with van der Waals surface area (Å²) in [7, 11) is 0. The van der Waals surface area contributed by atoms with Crippen LogP contribution in [0.25, 0.3) is 0 Å². The molecule has 0 aromatic heterocycles. The molecule has 0 aliphatic heterocycles. The molecule has 0 saturated carbocycles. The lowest BCUT2D eigenvalue weighted by Crippen LogP contribution is -1.94. The first-order valence-corrected chi connectivity index (χ1v) is 4.85. The van der Waals surface area contributed by atoms with Gasteiger partial charge in [0.25, 0.3) is 0 Å². The van der Waals surface area contributed by atoms with Crippen LogP contribution in [0.15, 0.2) is 0 Å². The molecule has 0 amide bonds. The minimum atomic E-state index is 1.000. The van der Waals surface area contributed by atoms with Gasteiger partial charge < -0.3 is 0 Å². The van der Waals surface area contributed by atoms with Crippen LogP contribution in [-0.4, -0.2) is 0 Å². The third-order valence-corrected chi connectivity index (χ3v) is 1.85. The molecule has 10 heavy (non-hydrogen) atoms. The van der Waals surface area contributed by atoms with Crippen LogP contribution in [0.1, 0.15) is 60.3 Å². The first kappa shape index (κ1) is 12.7. The van der Waals surface area contributed by atoms with Crippen molar-refractivity contribution in [3.63, 3.8) is 0 Å². The van der Waals surface area contributed by atoms with Gasteiger partial charge in [-0.25, -0.2) is 0 Å². The van der Waals surface area contributed by atoms with Gasteiger partial charge in [0.15, 0.2) is 0 Å². The molecule has 0 aliphatic carbocycles. The number of hydrogen-bond donors (Lipinski definition) is 0. The minimum Gasteiger partial charge on any atom is -0.0683 e. The van der Waals surface area contributed by atoms with E-state index in [1.165, 1.54) is 25.7 Å². The molecule has 0 spiro atoms. The number of rotatable bonds is 4. The highest BCUT2D eigenvalue weighted by Gasteiger charge is 1.98. The third-order valence-electron chi connectivity index (χ3n) is 1.85. The second-order valence-corrected chi connectivity index (χ2v) is 2.47. The predicted molar refractivity (Wildman–Crippen MR) is 50.3 cm³/mol. The molecular formula is C10H24. The summed E-state index contributed by atoms with van der Waals surface area (Å²) in [5.74, 6) is 1.000. The Bertz CT molecular complexity index is 35.3. The highest BCUT2D eigenvalue weighted by atomic mass is 14.0. The van der Waals surface area contributed by atoms with E-state index in [1.807, 2.05) is 13.8 Å². The van der Waals surface area contributed by atoms with E-state index in [1.54, 1.807) is 0 Å². The first-order valence-electron chi connectivity index (χ1n) is 4.85. The van der Waals surface area contributed by atoms with E-state index in [2.05, 4.69) is 20.8 Å². The summed E-state index contributed by atoms with van der Waals surface area (Å²) in [6, 6.07) is 0. The quantitative estimate of drug-likeness (QED) is 0.553. The van der Waals surface area contributed by atoms with Gasteiger partial charge in [0.05, 0.1) is 0 Å². The van der Waals surface area contributed by atoms with Gasteiger partial charge in [0.2, 0.25) is 0 Å². The predicted octanol–water partition coefficient (Wildman–Crippen LogP) is 4.25. The van der Waals surface area contributed by atoms with Crippen LogP contribution in [0.2, 0.25) is 0 Å². The smallest absolute Gasteiger partial charge is 0.0420 e. The van der Waals surface area contributed by atoms with E-state index in [0.717, 1.165) is 5.92 Å². The number of hydrogen-bond acceptors (Lipinski definition) is 0. The van der Waals surface area contributed by atoms with Crippen LogP contribution in [-0.2, 0) is 0 Å². The van der Waals surface area contributed by atoms with Crippen molar-refractivity contribution in [1.29, 1.82) is 0 Å². The van der Waals surface area contributed by atoms with E-state index >= 15 is 0 Å². The lowest BCUT2D eigenvalue weighted by Gasteiger charge is -2.08. The standard InChI is InChI=1S/C8H18.C2H6/c1-4-7-8(5-2)6-3;1-2/h8H,4-7H2,1-3H3;1-2H3. The highest BCUT2D eigenvalue weighted by molar-refractivity contribution is 4.51. The van der Waals surface area contributed by atoms with E-state index in [4.69, 9.17) is 0 Å². The largest absolute Gasteiger partial charge is 0.0683 e. The monoisotopic (exact) mass is 144 g/mol. The lowest BCUT2D eigenvalue weighted by atomic mass is 9.98.